The van der Waals surface area contributed by atoms with Crippen LogP contribution in [0.25, 0.3) is 0 Å². The quantitative estimate of drug-likeness (QED) is 0.773. The minimum absolute atomic E-state index is 0. The van der Waals surface area contributed by atoms with Crippen molar-refractivity contribution >= 4 is 0 Å². The van der Waals surface area contributed by atoms with Gasteiger partial charge >= 0.3 is 0 Å². The summed E-state index contributed by atoms with van der Waals surface area (Å²) in [5, 5.41) is 0. The molecule has 2 heteroatoms. The zero-order chi connectivity index (χ0) is 13.0. The van der Waals surface area contributed by atoms with Gasteiger partial charge in [-0.25, -0.2) is 4.57 Å². The van der Waals surface area contributed by atoms with Crippen LogP contribution in [-0.4, -0.2) is 5.48 Å². The van der Waals surface area contributed by atoms with Crippen molar-refractivity contribution < 1.29 is 10.0 Å². The Morgan fingerprint density at radius 2 is 1.68 bits per heavy atom. The minimum Gasteiger partial charge on any atom is -0.870 e. The van der Waals surface area contributed by atoms with Gasteiger partial charge in [0.25, 0.3) is 0 Å². The first-order chi connectivity index (χ1) is 8.66. The van der Waals surface area contributed by atoms with E-state index in [0.29, 0.717) is 0 Å². The number of nitrogens with zero attached hydrogens (tertiary/aromatic N) is 1. The zero-order valence-corrected chi connectivity index (χ0v) is 12.1. The second-order valence-corrected chi connectivity index (χ2v) is 5.07. The van der Waals surface area contributed by atoms with Gasteiger partial charge in [0, 0.05) is 24.5 Å². The second-order valence-electron chi connectivity index (χ2n) is 5.07. The molecular weight excluding hydrogens is 234 g/mol. The van der Waals surface area contributed by atoms with Crippen molar-refractivity contribution in [3.63, 3.8) is 0 Å². The third-order valence-corrected chi connectivity index (χ3v) is 3.51. The smallest absolute Gasteiger partial charge is 0.181 e. The van der Waals surface area contributed by atoms with Crippen LogP contribution >= 0.6 is 0 Å². The molecule has 1 aromatic heterocycles. The predicted molar refractivity (Wildman–Crippen MR) is 77.5 cm³/mol. The molecule has 0 aliphatic rings. The number of pyridine rings is 1. The Kier molecular flexibility index (Phi) is 5.71. The fourth-order valence-corrected chi connectivity index (χ4v) is 2.38. The third kappa shape index (κ3) is 4.18. The van der Waals surface area contributed by atoms with E-state index < -0.39 is 0 Å². The molecular formula is C17H23NO. The maximum Gasteiger partial charge on any atom is 0.181 e. The normalized spacial score (nSPS) is 10.1. The van der Waals surface area contributed by atoms with Gasteiger partial charge in [0.15, 0.2) is 11.9 Å². The molecule has 1 N–H and O–H groups in total. The molecule has 0 aliphatic heterocycles. The second kappa shape index (κ2) is 7.05. The monoisotopic (exact) mass is 257 g/mol. The lowest BCUT2D eigenvalue weighted by molar-refractivity contribution is -0.703. The molecule has 0 spiro atoms. The van der Waals surface area contributed by atoms with Crippen molar-refractivity contribution in [2.24, 2.45) is 0 Å². The fraction of sp³-hybridized carbons (Fsp3) is 0.353. The summed E-state index contributed by atoms with van der Waals surface area (Å²) in [5.41, 5.74) is 5.54. The van der Waals surface area contributed by atoms with Gasteiger partial charge in [-0.3, -0.25) is 0 Å². The van der Waals surface area contributed by atoms with Gasteiger partial charge in [-0.05, 0) is 31.9 Å². The van der Waals surface area contributed by atoms with E-state index in [0.717, 1.165) is 13.0 Å². The molecule has 0 saturated heterocycles. The highest BCUT2D eigenvalue weighted by atomic mass is 16.0. The number of aromatic nitrogens is 1. The molecule has 0 atom stereocenters. The van der Waals surface area contributed by atoms with Gasteiger partial charge in [-0.1, -0.05) is 30.3 Å². The molecule has 2 rings (SSSR count). The van der Waals surface area contributed by atoms with E-state index in [2.05, 4.69) is 67.9 Å². The van der Waals surface area contributed by atoms with Gasteiger partial charge in [0.1, 0.15) is 6.54 Å². The Bertz CT molecular complexity index is 520. The Morgan fingerprint density at radius 1 is 1.00 bits per heavy atom. The summed E-state index contributed by atoms with van der Waals surface area (Å²) in [6.07, 6.45) is 4.60. The largest absolute Gasteiger partial charge is 0.870 e. The standard InChI is InChI=1S/C17H22N.H2O/c1-14-12-15(2)16(3)18(13-14)11-7-10-17-8-5-4-6-9-17;/h4-6,8-9,12-13H,7,10-11H2,1-3H3;1H2/q+1;/p-1. The Balaban J connectivity index is 0.00000180. The van der Waals surface area contributed by atoms with Crippen molar-refractivity contribution in [2.45, 2.75) is 40.2 Å². The molecule has 0 bridgehead atoms. The van der Waals surface area contributed by atoms with Crippen molar-refractivity contribution in [1.29, 1.82) is 0 Å². The molecule has 0 radical (unpaired) electrons. The minimum atomic E-state index is 0. The number of hydrogen-bond donors (Lipinski definition) is 0. The highest BCUT2D eigenvalue weighted by Gasteiger charge is 2.09. The van der Waals surface area contributed by atoms with Crippen molar-refractivity contribution in [2.75, 3.05) is 0 Å². The molecule has 0 unspecified atom stereocenters. The van der Waals surface area contributed by atoms with E-state index in [9.17, 15) is 0 Å². The molecule has 1 aromatic carbocycles. The van der Waals surface area contributed by atoms with Crippen LogP contribution in [0.5, 0.6) is 0 Å². The van der Waals surface area contributed by atoms with Gasteiger partial charge in [-0.15, -0.1) is 0 Å². The molecule has 0 fully saturated rings. The van der Waals surface area contributed by atoms with Crippen LogP contribution in [0.2, 0.25) is 0 Å². The molecule has 0 amide bonds. The molecule has 0 aliphatic carbocycles. The summed E-state index contributed by atoms with van der Waals surface area (Å²) >= 11 is 0. The predicted octanol–water partition coefficient (Wildman–Crippen LogP) is 3.36. The van der Waals surface area contributed by atoms with E-state index in [4.69, 9.17) is 0 Å². The Labute approximate surface area is 116 Å². The van der Waals surface area contributed by atoms with E-state index in [1.54, 1.807) is 0 Å². The molecule has 2 aromatic rings. The summed E-state index contributed by atoms with van der Waals surface area (Å²) in [7, 11) is 0. The topological polar surface area (TPSA) is 33.9 Å². The van der Waals surface area contributed by atoms with Crippen molar-refractivity contribution in [1.82, 2.24) is 0 Å². The lowest BCUT2D eigenvalue weighted by Gasteiger charge is -2.05. The van der Waals surface area contributed by atoms with E-state index in [1.807, 2.05) is 0 Å². The highest BCUT2D eigenvalue weighted by molar-refractivity contribution is 5.18. The maximum absolute atomic E-state index is 2.38. The van der Waals surface area contributed by atoms with Crippen LogP contribution in [0.4, 0.5) is 0 Å². The zero-order valence-electron chi connectivity index (χ0n) is 12.1. The van der Waals surface area contributed by atoms with E-state index in [1.165, 1.54) is 28.8 Å². The first-order valence-electron chi connectivity index (χ1n) is 6.68. The average Bonchev–Trinajstić information content (AvgIpc) is 2.36. The summed E-state index contributed by atoms with van der Waals surface area (Å²) in [6, 6.07) is 13.0. The average molecular weight is 257 g/mol. The number of hydrogen-bond acceptors (Lipinski definition) is 1. The highest BCUT2D eigenvalue weighted by Crippen LogP contribution is 2.06. The van der Waals surface area contributed by atoms with Crippen LogP contribution in [0.15, 0.2) is 42.6 Å². The van der Waals surface area contributed by atoms with Crippen LogP contribution in [0.3, 0.4) is 0 Å². The van der Waals surface area contributed by atoms with Gasteiger partial charge < -0.3 is 5.48 Å². The summed E-state index contributed by atoms with van der Waals surface area (Å²) in [6.45, 7) is 7.66. The van der Waals surface area contributed by atoms with E-state index in [-0.39, 0.29) is 5.48 Å². The third-order valence-electron chi connectivity index (χ3n) is 3.51. The number of benzene rings is 1. The fourth-order valence-electron chi connectivity index (χ4n) is 2.38. The molecule has 0 saturated carbocycles. The lowest BCUT2D eigenvalue weighted by Crippen LogP contribution is -2.38. The van der Waals surface area contributed by atoms with Crippen molar-refractivity contribution in [3.8, 4) is 0 Å². The first-order valence-corrected chi connectivity index (χ1v) is 6.68. The van der Waals surface area contributed by atoms with Gasteiger partial charge in [0.2, 0.25) is 0 Å². The number of rotatable bonds is 4. The molecule has 19 heavy (non-hydrogen) atoms. The SMILES string of the molecule is Cc1cc(C)c(C)[n+](CCCc2ccccc2)c1.[OH-]. The molecule has 1 heterocycles. The van der Waals surface area contributed by atoms with Crippen LogP contribution < -0.4 is 4.57 Å². The molecule has 2 nitrogen and oxygen atoms in total. The van der Waals surface area contributed by atoms with Crippen molar-refractivity contribution in [3.05, 3.63) is 65.0 Å². The van der Waals surface area contributed by atoms with Crippen LogP contribution in [0, 0.1) is 20.8 Å². The summed E-state index contributed by atoms with van der Waals surface area (Å²) in [4.78, 5) is 0. The Morgan fingerprint density at radius 3 is 2.37 bits per heavy atom. The number of aryl methyl sites for hydroxylation is 4. The lowest BCUT2D eigenvalue weighted by atomic mass is 10.1. The van der Waals surface area contributed by atoms with E-state index >= 15 is 0 Å². The summed E-state index contributed by atoms with van der Waals surface area (Å²) in [5.74, 6) is 0. The Hall–Kier alpha value is -1.67. The van der Waals surface area contributed by atoms with Gasteiger partial charge in [0.05, 0.1) is 0 Å². The van der Waals surface area contributed by atoms with Crippen LogP contribution in [-0.2, 0) is 13.0 Å². The first kappa shape index (κ1) is 15.4. The summed E-state index contributed by atoms with van der Waals surface area (Å²) < 4.78 is 2.38. The van der Waals surface area contributed by atoms with Crippen LogP contribution in [0.1, 0.15) is 28.8 Å². The maximum atomic E-state index is 2.38. The molecule has 102 valence electrons. The van der Waals surface area contributed by atoms with Gasteiger partial charge in [-0.2, -0.15) is 0 Å².